The van der Waals surface area contributed by atoms with Crippen molar-refractivity contribution in [3.63, 3.8) is 0 Å². The Kier molecular flexibility index (Phi) is 2.76. The van der Waals surface area contributed by atoms with E-state index in [1.807, 2.05) is 19.1 Å². The fourth-order valence-electron chi connectivity index (χ4n) is 2.13. The van der Waals surface area contributed by atoms with E-state index in [1.165, 1.54) is 0 Å². The molecule has 2 rings (SSSR count). The van der Waals surface area contributed by atoms with Crippen LogP contribution in [0.5, 0.6) is 0 Å². The Morgan fingerprint density at radius 3 is 2.59 bits per heavy atom. The van der Waals surface area contributed by atoms with E-state index in [1.54, 1.807) is 12.1 Å². The van der Waals surface area contributed by atoms with Crippen LogP contribution in [0.1, 0.15) is 18.9 Å². The molecule has 1 atom stereocenters. The summed E-state index contributed by atoms with van der Waals surface area (Å²) in [6, 6.07) is 9.48. The lowest BCUT2D eigenvalue weighted by atomic mass is 9.89. The summed E-state index contributed by atoms with van der Waals surface area (Å²) in [7, 11) is 0. The van der Waals surface area contributed by atoms with Gasteiger partial charge in [0.15, 0.2) is 0 Å². The number of hydrogen-bond acceptors (Lipinski definition) is 3. The van der Waals surface area contributed by atoms with Gasteiger partial charge in [-0.15, -0.1) is 0 Å². The van der Waals surface area contributed by atoms with Crippen LogP contribution in [0.15, 0.2) is 24.3 Å². The number of amides is 1. The highest BCUT2D eigenvalue weighted by Gasteiger charge is 2.38. The van der Waals surface area contributed by atoms with Gasteiger partial charge in [-0.2, -0.15) is 5.26 Å². The Bertz CT molecular complexity index is 474. The Balaban J connectivity index is 2.15. The first kappa shape index (κ1) is 11.5. The van der Waals surface area contributed by atoms with Crippen molar-refractivity contribution in [1.82, 2.24) is 0 Å². The molecule has 1 amide bonds. The molecule has 1 aromatic rings. The third kappa shape index (κ3) is 2.09. The summed E-state index contributed by atoms with van der Waals surface area (Å²) in [4.78, 5) is 13.5. The molecule has 4 heteroatoms. The highest BCUT2D eigenvalue weighted by atomic mass is 16.1. The van der Waals surface area contributed by atoms with E-state index in [4.69, 9.17) is 11.0 Å². The number of nitrogens with zero attached hydrogens (tertiary/aromatic N) is 2. The van der Waals surface area contributed by atoms with Crippen LogP contribution in [0.4, 0.5) is 5.69 Å². The molecule has 1 aliphatic rings. The maximum absolute atomic E-state index is 11.4. The number of carbonyl (C=O) groups is 1. The van der Waals surface area contributed by atoms with Gasteiger partial charge in [-0.1, -0.05) is 0 Å². The molecule has 17 heavy (non-hydrogen) atoms. The van der Waals surface area contributed by atoms with Gasteiger partial charge in [0.05, 0.1) is 17.0 Å². The molecule has 1 heterocycles. The maximum Gasteiger partial charge on any atom is 0.225 e. The van der Waals surface area contributed by atoms with Crippen molar-refractivity contribution in [3.05, 3.63) is 29.8 Å². The standard InChI is InChI=1S/C13H15N3O/c1-13(12(15)17)6-7-16(9-13)11-4-2-10(8-14)3-5-11/h2-5H,6-7,9H2,1H3,(H2,15,17). The van der Waals surface area contributed by atoms with Crippen LogP contribution in [0.3, 0.4) is 0 Å². The number of carbonyl (C=O) groups excluding carboxylic acids is 1. The first-order valence-electron chi connectivity index (χ1n) is 5.60. The highest BCUT2D eigenvalue weighted by molar-refractivity contribution is 5.82. The maximum atomic E-state index is 11.4. The van der Waals surface area contributed by atoms with Crippen LogP contribution in [-0.4, -0.2) is 19.0 Å². The minimum absolute atomic E-state index is 0.242. The summed E-state index contributed by atoms with van der Waals surface area (Å²) in [5, 5.41) is 8.72. The van der Waals surface area contributed by atoms with Gasteiger partial charge in [0.2, 0.25) is 5.91 Å². The average Bonchev–Trinajstić information content (AvgIpc) is 2.74. The Hall–Kier alpha value is -2.02. The first-order valence-corrected chi connectivity index (χ1v) is 5.60. The van der Waals surface area contributed by atoms with Crippen LogP contribution in [0.25, 0.3) is 0 Å². The van der Waals surface area contributed by atoms with Crippen molar-refractivity contribution >= 4 is 11.6 Å². The number of primary amides is 1. The molecule has 88 valence electrons. The third-order valence-corrected chi connectivity index (χ3v) is 3.43. The van der Waals surface area contributed by atoms with E-state index in [2.05, 4.69) is 11.0 Å². The second-order valence-electron chi connectivity index (χ2n) is 4.76. The van der Waals surface area contributed by atoms with Gasteiger partial charge < -0.3 is 10.6 Å². The summed E-state index contributed by atoms with van der Waals surface area (Å²) in [5.41, 5.74) is 6.65. The molecular weight excluding hydrogens is 214 g/mol. The summed E-state index contributed by atoms with van der Waals surface area (Å²) >= 11 is 0. The molecule has 0 bridgehead atoms. The van der Waals surface area contributed by atoms with E-state index < -0.39 is 5.41 Å². The van der Waals surface area contributed by atoms with Crippen LogP contribution in [0.2, 0.25) is 0 Å². The van der Waals surface area contributed by atoms with Crippen molar-refractivity contribution < 1.29 is 4.79 Å². The third-order valence-electron chi connectivity index (χ3n) is 3.43. The fourth-order valence-corrected chi connectivity index (χ4v) is 2.13. The molecule has 2 N–H and O–H groups in total. The zero-order valence-corrected chi connectivity index (χ0v) is 9.81. The van der Waals surface area contributed by atoms with E-state index in [0.717, 1.165) is 18.7 Å². The number of benzene rings is 1. The van der Waals surface area contributed by atoms with E-state index >= 15 is 0 Å². The van der Waals surface area contributed by atoms with Crippen LogP contribution >= 0.6 is 0 Å². The fraction of sp³-hybridized carbons (Fsp3) is 0.385. The second kappa shape index (κ2) is 4.10. The Morgan fingerprint density at radius 1 is 1.47 bits per heavy atom. The van der Waals surface area contributed by atoms with Gasteiger partial charge in [-0.3, -0.25) is 4.79 Å². The molecule has 1 unspecified atom stereocenters. The molecule has 1 aromatic carbocycles. The van der Waals surface area contributed by atoms with Gasteiger partial charge >= 0.3 is 0 Å². The molecule has 0 saturated carbocycles. The predicted octanol–water partition coefficient (Wildman–Crippen LogP) is 1.26. The van der Waals surface area contributed by atoms with Gasteiger partial charge in [-0.05, 0) is 37.6 Å². The molecule has 4 nitrogen and oxygen atoms in total. The van der Waals surface area contributed by atoms with Crippen molar-refractivity contribution in [1.29, 1.82) is 5.26 Å². The monoisotopic (exact) mass is 229 g/mol. The zero-order chi connectivity index (χ0) is 12.5. The normalized spacial score (nSPS) is 23.4. The number of nitriles is 1. The second-order valence-corrected chi connectivity index (χ2v) is 4.76. The van der Waals surface area contributed by atoms with Crippen LogP contribution in [-0.2, 0) is 4.79 Å². The van der Waals surface area contributed by atoms with Crippen LogP contribution in [0, 0.1) is 16.7 Å². The van der Waals surface area contributed by atoms with Crippen LogP contribution < -0.4 is 10.6 Å². The lowest BCUT2D eigenvalue weighted by molar-refractivity contribution is -0.125. The van der Waals surface area contributed by atoms with Gasteiger partial charge in [0, 0.05) is 18.8 Å². The highest BCUT2D eigenvalue weighted by Crippen LogP contribution is 2.32. The number of nitrogens with two attached hydrogens (primary N) is 1. The summed E-state index contributed by atoms with van der Waals surface area (Å²) in [6.45, 7) is 3.37. The number of hydrogen-bond donors (Lipinski definition) is 1. The van der Waals surface area contributed by atoms with E-state index in [-0.39, 0.29) is 5.91 Å². The molecule has 0 aromatic heterocycles. The molecule has 0 aliphatic carbocycles. The zero-order valence-electron chi connectivity index (χ0n) is 9.81. The minimum Gasteiger partial charge on any atom is -0.370 e. The molecule has 0 spiro atoms. The van der Waals surface area contributed by atoms with Gasteiger partial charge in [0.25, 0.3) is 0 Å². The lowest BCUT2D eigenvalue weighted by Crippen LogP contribution is -2.37. The van der Waals surface area contributed by atoms with Gasteiger partial charge in [-0.25, -0.2) is 0 Å². The largest absolute Gasteiger partial charge is 0.370 e. The average molecular weight is 229 g/mol. The van der Waals surface area contributed by atoms with Gasteiger partial charge in [0.1, 0.15) is 0 Å². The molecule has 1 fully saturated rings. The number of anilines is 1. The number of rotatable bonds is 2. The van der Waals surface area contributed by atoms with Crippen molar-refractivity contribution in [3.8, 4) is 6.07 Å². The molecular formula is C13H15N3O. The SMILES string of the molecule is CC1(C(N)=O)CCN(c2ccc(C#N)cc2)C1. The Labute approximate surface area is 101 Å². The minimum atomic E-state index is -0.437. The van der Waals surface area contributed by atoms with E-state index in [9.17, 15) is 4.79 Å². The van der Waals surface area contributed by atoms with Crippen molar-refractivity contribution in [2.75, 3.05) is 18.0 Å². The summed E-state index contributed by atoms with van der Waals surface area (Å²) < 4.78 is 0. The topological polar surface area (TPSA) is 70.1 Å². The molecule has 1 aliphatic heterocycles. The van der Waals surface area contributed by atoms with Crippen molar-refractivity contribution in [2.24, 2.45) is 11.1 Å². The smallest absolute Gasteiger partial charge is 0.225 e. The first-order chi connectivity index (χ1) is 8.05. The lowest BCUT2D eigenvalue weighted by Gasteiger charge is -2.22. The summed E-state index contributed by atoms with van der Waals surface area (Å²) in [5.74, 6) is -0.242. The van der Waals surface area contributed by atoms with Crippen molar-refractivity contribution in [2.45, 2.75) is 13.3 Å². The molecule has 1 saturated heterocycles. The predicted molar refractivity (Wildman–Crippen MR) is 65.3 cm³/mol. The Morgan fingerprint density at radius 2 is 2.12 bits per heavy atom. The van der Waals surface area contributed by atoms with E-state index in [0.29, 0.717) is 12.1 Å². The summed E-state index contributed by atoms with van der Waals surface area (Å²) in [6.07, 6.45) is 0.780. The molecule has 0 radical (unpaired) electrons. The quantitative estimate of drug-likeness (QED) is 0.830.